The Kier molecular flexibility index (Phi) is 17.7. The van der Waals surface area contributed by atoms with Gasteiger partial charge in [-0.1, -0.05) is 12.2 Å². The van der Waals surface area contributed by atoms with Crippen LogP contribution in [0.4, 0.5) is 0 Å². The molecule has 7 heteroatoms. The monoisotopic (exact) mass is 360 g/mol. The van der Waals surface area contributed by atoms with E-state index in [1.165, 1.54) is 46.8 Å². The van der Waals surface area contributed by atoms with Crippen molar-refractivity contribution in [1.29, 1.82) is 0 Å². The van der Waals surface area contributed by atoms with Gasteiger partial charge < -0.3 is 0 Å². The Morgan fingerprint density at radius 1 is 0.870 bits per heavy atom. The van der Waals surface area contributed by atoms with Gasteiger partial charge in [-0.2, -0.15) is 0 Å². The topological polar surface area (TPSA) is 85.3 Å². The normalized spacial score (nSPS) is 10.4. The molecule has 0 saturated carbocycles. The van der Waals surface area contributed by atoms with Crippen LogP contribution < -0.4 is 0 Å². The fourth-order valence-corrected chi connectivity index (χ4v) is 1.35. The van der Waals surface area contributed by atoms with E-state index in [4.69, 9.17) is 12.2 Å². The lowest BCUT2D eigenvalue weighted by atomic mass is 9.96. The molecule has 0 rings (SSSR count). The zero-order valence-electron chi connectivity index (χ0n) is 14.3. The number of carbonyl (C=O) groups excluding carboxylic acids is 5. The predicted molar refractivity (Wildman–Crippen MR) is 97.9 cm³/mol. The van der Waals surface area contributed by atoms with Crippen molar-refractivity contribution in [1.82, 2.24) is 0 Å². The molecule has 0 aliphatic rings. The highest BCUT2D eigenvalue weighted by atomic mass is 32.1. The molecule has 1 atom stereocenters. The van der Waals surface area contributed by atoms with Crippen molar-refractivity contribution in [3.05, 3.63) is 12.2 Å². The van der Waals surface area contributed by atoms with Gasteiger partial charge in [-0.05, 0) is 46.8 Å². The summed E-state index contributed by atoms with van der Waals surface area (Å²) in [7, 11) is 0. The third-order valence-electron chi connectivity index (χ3n) is 2.03. The van der Waals surface area contributed by atoms with Crippen LogP contribution in [0.5, 0.6) is 0 Å². The van der Waals surface area contributed by atoms with E-state index in [-0.39, 0.29) is 40.6 Å². The van der Waals surface area contributed by atoms with Gasteiger partial charge in [0.05, 0.1) is 5.92 Å². The summed E-state index contributed by atoms with van der Waals surface area (Å²) < 4.78 is 0. The summed E-state index contributed by atoms with van der Waals surface area (Å²) >= 11 is 8.17. The fraction of sp³-hybridized carbons (Fsp3) is 0.500. The van der Waals surface area contributed by atoms with E-state index in [1.54, 1.807) is 6.92 Å². The van der Waals surface area contributed by atoms with Gasteiger partial charge in [-0.25, -0.2) is 0 Å². The molecule has 0 aromatic rings. The van der Waals surface area contributed by atoms with Gasteiger partial charge in [0.1, 0.15) is 11.6 Å². The van der Waals surface area contributed by atoms with Gasteiger partial charge in [0, 0.05) is 18.2 Å². The molecule has 0 aromatic heterocycles. The van der Waals surface area contributed by atoms with Gasteiger partial charge in [-0.15, -0.1) is 12.6 Å². The first-order valence-corrected chi connectivity index (χ1v) is 7.55. The minimum absolute atomic E-state index is 0.00870. The SMILES string of the molecule is CC(=O)C=CC(C)=O.CC(=O)CC(C(C)=O)C(C)=S.CC(=O)S. The quantitative estimate of drug-likeness (QED) is 0.445. The molecule has 0 radical (unpaired) electrons. The molecular weight excluding hydrogens is 336 g/mol. The maximum Gasteiger partial charge on any atom is 0.182 e. The molecule has 23 heavy (non-hydrogen) atoms. The number of thiocarbonyl (C=S) groups is 1. The Bertz CT molecular complexity index is 459. The van der Waals surface area contributed by atoms with Crippen molar-refractivity contribution in [2.75, 3.05) is 0 Å². The maximum absolute atomic E-state index is 10.9. The summed E-state index contributed by atoms with van der Waals surface area (Å²) in [5.41, 5.74) is 0. The molecule has 0 amide bonds. The second kappa shape index (κ2) is 15.4. The van der Waals surface area contributed by atoms with Gasteiger partial charge in [0.15, 0.2) is 16.7 Å². The molecule has 130 valence electrons. The smallest absolute Gasteiger partial charge is 0.182 e. The van der Waals surface area contributed by atoms with E-state index in [9.17, 15) is 24.0 Å². The molecule has 0 aliphatic heterocycles. The lowest BCUT2D eigenvalue weighted by molar-refractivity contribution is -0.123. The molecule has 0 bridgehead atoms. The van der Waals surface area contributed by atoms with Crippen molar-refractivity contribution >= 4 is 58.0 Å². The van der Waals surface area contributed by atoms with E-state index in [0.717, 1.165) is 0 Å². The Morgan fingerprint density at radius 3 is 1.26 bits per heavy atom. The first kappa shape index (κ1) is 26.4. The largest absolute Gasteiger partial charge is 0.300 e. The number of allylic oxidation sites excluding steroid dienone is 2. The van der Waals surface area contributed by atoms with E-state index >= 15 is 0 Å². The van der Waals surface area contributed by atoms with Crippen molar-refractivity contribution < 1.29 is 24.0 Å². The summed E-state index contributed by atoms with van der Waals surface area (Å²) in [6.07, 6.45) is 2.76. The van der Waals surface area contributed by atoms with Crippen LogP contribution in [0, 0.1) is 5.92 Å². The molecule has 0 spiro atoms. The highest BCUT2D eigenvalue weighted by Gasteiger charge is 2.17. The van der Waals surface area contributed by atoms with Gasteiger partial charge in [-0.3, -0.25) is 24.0 Å². The average Bonchev–Trinajstić information content (AvgIpc) is 2.32. The van der Waals surface area contributed by atoms with E-state index in [2.05, 4.69) is 12.6 Å². The van der Waals surface area contributed by atoms with Crippen LogP contribution in [0.15, 0.2) is 12.2 Å². The number of rotatable bonds is 6. The summed E-state index contributed by atoms with van der Waals surface area (Å²) in [5, 5.41) is -0.139. The molecule has 0 fully saturated rings. The molecule has 0 heterocycles. The molecule has 5 nitrogen and oxygen atoms in total. The van der Waals surface area contributed by atoms with Crippen molar-refractivity contribution in [2.24, 2.45) is 5.92 Å². The van der Waals surface area contributed by atoms with Crippen LogP contribution in [-0.2, 0) is 24.0 Å². The number of ketones is 4. The molecule has 0 aliphatic carbocycles. The molecule has 0 N–H and O–H groups in total. The first-order valence-electron chi connectivity index (χ1n) is 6.70. The Hall–Kier alpha value is -1.47. The Balaban J connectivity index is -0.000000292. The number of thiol groups is 1. The van der Waals surface area contributed by atoms with E-state index < -0.39 is 0 Å². The predicted octanol–water partition coefficient (Wildman–Crippen LogP) is 2.74. The third kappa shape index (κ3) is 29.2. The lowest BCUT2D eigenvalue weighted by Crippen LogP contribution is -2.20. The summed E-state index contributed by atoms with van der Waals surface area (Å²) in [4.78, 5) is 51.7. The highest BCUT2D eigenvalue weighted by molar-refractivity contribution is 7.96. The second-order valence-corrected chi connectivity index (χ2v) is 6.03. The highest BCUT2D eigenvalue weighted by Crippen LogP contribution is 2.07. The first-order chi connectivity index (χ1) is 10.3. The number of Topliss-reactive ketones (excluding diaryl/α,β-unsaturated/α-hetero) is 2. The van der Waals surface area contributed by atoms with Crippen LogP contribution >= 0.6 is 24.8 Å². The Morgan fingerprint density at radius 2 is 1.17 bits per heavy atom. The fourth-order valence-electron chi connectivity index (χ4n) is 1.10. The van der Waals surface area contributed by atoms with Crippen molar-refractivity contribution in [2.45, 2.75) is 48.0 Å². The maximum atomic E-state index is 10.9. The van der Waals surface area contributed by atoms with E-state index in [0.29, 0.717) is 4.86 Å². The van der Waals surface area contributed by atoms with E-state index in [1.807, 2.05) is 0 Å². The summed E-state index contributed by atoms with van der Waals surface area (Å²) in [6, 6.07) is 0. The van der Waals surface area contributed by atoms with Crippen molar-refractivity contribution in [3.63, 3.8) is 0 Å². The zero-order valence-corrected chi connectivity index (χ0v) is 16.0. The minimum Gasteiger partial charge on any atom is -0.300 e. The summed E-state index contributed by atoms with van der Waals surface area (Å²) in [5.74, 6) is -0.551. The number of hydrogen-bond donors (Lipinski definition) is 1. The van der Waals surface area contributed by atoms with Crippen LogP contribution in [0.25, 0.3) is 0 Å². The van der Waals surface area contributed by atoms with Crippen LogP contribution in [0.1, 0.15) is 48.0 Å². The molecule has 0 aromatic carbocycles. The number of carbonyl (C=O) groups is 5. The van der Waals surface area contributed by atoms with Gasteiger partial charge in [0.25, 0.3) is 0 Å². The van der Waals surface area contributed by atoms with Crippen LogP contribution in [0.2, 0.25) is 0 Å². The molecule has 1 unspecified atom stereocenters. The summed E-state index contributed by atoms with van der Waals surface area (Å²) in [6.45, 7) is 8.82. The van der Waals surface area contributed by atoms with Crippen molar-refractivity contribution in [3.8, 4) is 0 Å². The minimum atomic E-state index is -0.345. The standard InChI is InChI=1S/C8H12O2S.C6H8O2.C2H4OS/c1-5(9)4-8(6(2)10)7(3)11;1-5(7)3-4-6(2)8;1-2(3)4/h8H,4H2,1-3H3;3-4H,1-2H3;1H3,(H,3,4). The average molecular weight is 360 g/mol. The lowest BCUT2D eigenvalue weighted by Gasteiger charge is -2.08. The Labute approximate surface area is 148 Å². The molecular formula is C16H24O5S2. The second-order valence-electron chi connectivity index (χ2n) is 4.75. The number of hydrogen-bond acceptors (Lipinski definition) is 6. The van der Waals surface area contributed by atoms with Crippen LogP contribution in [0.3, 0.4) is 0 Å². The molecule has 0 saturated heterocycles. The van der Waals surface area contributed by atoms with Crippen LogP contribution in [-0.4, -0.2) is 33.1 Å². The van der Waals surface area contributed by atoms with Gasteiger partial charge in [0.2, 0.25) is 0 Å². The third-order valence-corrected chi connectivity index (χ3v) is 2.31. The zero-order chi connectivity index (χ0) is 19.2. The van der Waals surface area contributed by atoms with Gasteiger partial charge >= 0.3 is 0 Å².